The maximum Gasteiger partial charge on any atom is 0.354 e. The standard InChI is InChI=1S/C18H13FN6O2/c1-25-15(10-6-7-20-13(8-10)17(26)27)23-14-9-21-18(24-16(14)25)22-12-4-2-11(19)3-5-12/h2-9H,1H3,(H,26,27)(H,21,22,24). The van der Waals surface area contributed by atoms with E-state index in [1.807, 2.05) is 0 Å². The predicted molar refractivity (Wildman–Crippen MR) is 96.2 cm³/mol. The van der Waals surface area contributed by atoms with Crippen molar-refractivity contribution < 1.29 is 14.3 Å². The molecule has 4 aromatic rings. The first kappa shape index (κ1) is 16.6. The highest BCUT2D eigenvalue weighted by Gasteiger charge is 2.14. The molecule has 0 spiro atoms. The molecule has 0 saturated heterocycles. The second kappa shape index (κ2) is 6.45. The van der Waals surface area contributed by atoms with Crippen molar-refractivity contribution in [2.24, 2.45) is 7.05 Å². The maximum atomic E-state index is 13.0. The first-order valence-electron chi connectivity index (χ1n) is 7.93. The molecule has 4 rings (SSSR count). The summed E-state index contributed by atoms with van der Waals surface area (Å²) in [4.78, 5) is 28.1. The number of aromatic nitrogens is 5. The van der Waals surface area contributed by atoms with E-state index in [1.165, 1.54) is 24.4 Å². The van der Waals surface area contributed by atoms with Crippen LogP contribution in [-0.4, -0.2) is 35.6 Å². The quantitative estimate of drug-likeness (QED) is 0.573. The van der Waals surface area contributed by atoms with Gasteiger partial charge < -0.3 is 15.0 Å². The number of aromatic carboxylic acids is 1. The van der Waals surface area contributed by atoms with E-state index < -0.39 is 5.97 Å². The number of carboxylic acids is 1. The first-order chi connectivity index (χ1) is 13.0. The fourth-order valence-electron chi connectivity index (χ4n) is 2.65. The molecule has 0 aliphatic heterocycles. The minimum absolute atomic E-state index is 0.0655. The lowest BCUT2D eigenvalue weighted by molar-refractivity contribution is 0.0690. The largest absolute Gasteiger partial charge is 0.477 e. The second-order valence-electron chi connectivity index (χ2n) is 5.76. The summed E-state index contributed by atoms with van der Waals surface area (Å²) in [6, 6.07) is 8.98. The van der Waals surface area contributed by atoms with Gasteiger partial charge in [-0.2, -0.15) is 4.98 Å². The van der Waals surface area contributed by atoms with Crippen molar-refractivity contribution in [3.63, 3.8) is 0 Å². The molecule has 0 unspecified atom stereocenters. The van der Waals surface area contributed by atoms with Crippen LogP contribution in [0.3, 0.4) is 0 Å². The second-order valence-corrected chi connectivity index (χ2v) is 5.76. The van der Waals surface area contributed by atoms with Crippen LogP contribution in [0.4, 0.5) is 16.0 Å². The van der Waals surface area contributed by atoms with Crippen molar-refractivity contribution in [1.29, 1.82) is 0 Å². The van der Waals surface area contributed by atoms with E-state index in [4.69, 9.17) is 5.11 Å². The lowest BCUT2D eigenvalue weighted by Gasteiger charge is -2.05. The monoisotopic (exact) mass is 364 g/mol. The highest BCUT2D eigenvalue weighted by atomic mass is 19.1. The third-order valence-corrected chi connectivity index (χ3v) is 3.95. The fourth-order valence-corrected chi connectivity index (χ4v) is 2.65. The number of hydrogen-bond acceptors (Lipinski definition) is 6. The molecule has 8 nitrogen and oxygen atoms in total. The summed E-state index contributed by atoms with van der Waals surface area (Å²) in [5.74, 6) is -0.555. The van der Waals surface area contributed by atoms with Gasteiger partial charge in [0.05, 0.1) is 6.20 Å². The number of anilines is 2. The van der Waals surface area contributed by atoms with Crippen LogP contribution in [-0.2, 0) is 7.05 Å². The van der Waals surface area contributed by atoms with Gasteiger partial charge in [0.1, 0.15) is 22.9 Å². The van der Waals surface area contributed by atoms with Crippen molar-refractivity contribution >= 4 is 28.8 Å². The van der Waals surface area contributed by atoms with Crippen LogP contribution >= 0.6 is 0 Å². The SMILES string of the molecule is Cn1c(-c2ccnc(C(=O)O)c2)nc2cnc(Nc3ccc(F)cc3)nc21. The highest BCUT2D eigenvalue weighted by molar-refractivity contribution is 5.87. The molecule has 27 heavy (non-hydrogen) atoms. The molecule has 0 atom stereocenters. The van der Waals surface area contributed by atoms with Crippen LogP contribution in [0.25, 0.3) is 22.6 Å². The lowest BCUT2D eigenvalue weighted by Crippen LogP contribution is -2.02. The minimum atomic E-state index is -1.11. The summed E-state index contributed by atoms with van der Waals surface area (Å²) in [7, 11) is 1.78. The van der Waals surface area contributed by atoms with Crippen LogP contribution in [0.1, 0.15) is 10.5 Å². The Bertz CT molecular complexity index is 1160. The van der Waals surface area contributed by atoms with Gasteiger partial charge >= 0.3 is 5.97 Å². The molecule has 3 heterocycles. The molecule has 0 aliphatic rings. The Morgan fingerprint density at radius 1 is 1.15 bits per heavy atom. The van der Waals surface area contributed by atoms with Crippen LogP contribution in [0.5, 0.6) is 0 Å². The number of aryl methyl sites for hydroxylation is 1. The molecule has 3 aromatic heterocycles. The van der Waals surface area contributed by atoms with Gasteiger partial charge in [-0.3, -0.25) is 0 Å². The Hall–Kier alpha value is -3.88. The molecule has 0 saturated carbocycles. The molecule has 0 aliphatic carbocycles. The van der Waals surface area contributed by atoms with E-state index >= 15 is 0 Å². The molecular formula is C18H13FN6O2. The molecule has 2 N–H and O–H groups in total. The number of benzene rings is 1. The molecule has 9 heteroatoms. The molecule has 0 amide bonds. The number of nitrogens with zero attached hydrogens (tertiary/aromatic N) is 5. The first-order valence-corrected chi connectivity index (χ1v) is 7.93. The molecule has 134 valence electrons. The average Bonchev–Trinajstić information content (AvgIpc) is 3.00. The number of halogens is 1. The van der Waals surface area contributed by atoms with E-state index in [0.717, 1.165) is 0 Å². The van der Waals surface area contributed by atoms with Gasteiger partial charge in [0.15, 0.2) is 5.65 Å². The molecule has 0 radical (unpaired) electrons. The average molecular weight is 364 g/mol. The van der Waals surface area contributed by atoms with Gasteiger partial charge in [-0.25, -0.2) is 24.1 Å². The Morgan fingerprint density at radius 2 is 1.93 bits per heavy atom. The number of nitrogens with one attached hydrogen (secondary N) is 1. The minimum Gasteiger partial charge on any atom is -0.477 e. The Balaban J connectivity index is 1.73. The van der Waals surface area contributed by atoms with Crippen LogP contribution in [0, 0.1) is 5.82 Å². The zero-order valence-corrected chi connectivity index (χ0v) is 14.1. The third-order valence-electron chi connectivity index (χ3n) is 3.95. The van der Waals surface area contributed by atoms with Gasteiger partial charge in [-0.1, -0.05) is 0 Å². The normalized spacial score (nSPS) is 10.9. The van der Waals surface area contributed by atoms with E-state index in [-0.39, 0.29) is 11.5 Å². The Labute approximate surface area is 152 Å². The number of carboxylic acid groups (broad SMARTS) is 1. The van der Waals surface area contributed by atoms with E-state index in [1.54, 1.807) is 36.0 Å². The lowest BCUT2D eigenvalue weighted by atomic mass is 10.2. The number of imidazole rings is 1. The summed E-state index contributed by atoms with van der Waals surface area (Å²) in [6.45, 7) is 0. The van der Waals surface area contributed by atoms with Crippen molar-refractivity contribution in [3.8, 4) is 11.4 Å². The van der Waals surface area contributed by atoms with Gasteiger partial charge in [0.2, 0.25) is 5.95 Å². The maximum absolute atomic E-state index is 13.0. The summed E-state index contributed by atoms with van der Waals surface area (Å²) < 4.78 is 14.8. The number of pyridine rings is 1. The van der Waals surface area contributed by atoms with Gasteiger partial charge in [-0.15, -0.1) is 0 Å². The van der Waals surface area contributed by atoms with E-state index in [2.05, 4.69) is 25.3 Å². The fraction of sp³-hybridized carbons (Fsp3) is 0.0556. The third kappa shape index (κ3) is 3.17. The van der Waals surface area contributed by atoms with Crippen LogP contribution < -0.4 is 5.32 Å². The van der Waals surface area contributed by atoms with Gasteiger partial charge in [-0.05, 0) is 36.4 Å². The number of hydrogen-bond donors (Lipinski definition) is 2. The zero-order valence-electron chi connectivity index (χ0n) is 14.1. The molecular weight excluding hydrogens is 351 g/mol. The summed E-state index contributed by atoms with van der Waals surface area (Å²) in [5.41, 5.74) is 2.32. The highest BCUT2D eigenvalue weighted by Crippen LogP contribution is 2.24. The molecule has 0 bridgehead atoms. The zero-order chi connectivity index (χ0) is 19.0. The Kier molecular flexibility index (Phi) is 3.96. The van der Waals surface area contributed by atoms with E-state index in [0.29, 0.717) is 34.2 Å². The number of fused-ring (bicyclic) bond motifs is 1. The van der Waals surface area contributed by atoms with E-state index in [9.17, 15) is 9.18 Å². The number of carbonyl (C=O) groups is 1. The van der Waals surface area contributed by atoms with Crippen molar-refractivity contribution in [2.75, 3.05) is 5.32 Å². The number of rotatable bonds is 4. The van der Waals surface area contributed by atoms with Gasteiger partial charge in [0.25, 0.3) is 0 Å². The van der Waals surface area contributed by atoms with Crippen molar-refractivity contribution in [2.45, 2.75) is 0 Å². The van der Waals surface area contributed by atoms with Crippen molar-refractivity contribution in [3.05, 3.63) is 60.3 Å². The molecule has 0 fully saturated rings. The predicted octanol–water partition coefficient (Wildman–Crippen LogP) is 3.01. The van der Waals surface area contributed by atoms with Gasteiger partial charge in [0, 0.05) is 24.5 Å². The smallest absolute Gasteiger partial charge is 0.354 e. The molecule has 1 aromatic carbocycles. The Morgan fingerprint density at radius 3 is 2.67 bits per heavy atom. The summed E-state index contributed by atoms with van der Waals surface area (Å²) >= 11 is 0. The van der Waals surface area contributed by atoms with Crippen LogP contribution in [0.2, 0.25) is 0 Å². The topological polar surface area (TPSA) is 106 Å². The summed E-state index contributed by atoms with van der Waals surface area (Å²) in [6.07, 6.45) is 2.99. The van der Waals surface area contributed by atoms with Crippen molar-refractivity contribution in [1.82, 2.24) is 24.5 Å². The summed E-state index contributed by atoms with van der Waals surface area (Å²) in [5, 5.41) is 12.1. The van der Waals surface area contributed by atoms with Crippen LogP contribution in [0.15, 0.2) is 48.8 Å².